The van der Waals surface area contributed by atoms with Gasteiger partial charge in [0.2, 0.25) is 11.8 Å². The molecule has 3 aromatic rings. The Balaban J connectivity index is 1.44. The maximum atomic E-state index is 13.1. The Morgan fingerprint density at radius 2 is 1.71 bits per heavy atom. The van der Waals surface area contributed by atoms with Gasteiger partial charge in [-0.25, -0.2) is 4.79 Å². The van der Waals surface area contributed by atoms with Gasteiger partial charge in [0.05, 0.1) is 6.42 Å². The largest absolute Gasteiger partial charge is 0.359 e. The molecule has 0 bridgehead atoms. The first-order chi connectivity index (χ1) is 16.9. The molecule has 0 spiro atoms. The highest BCUT2D eigenvalue weighted by molar-refractivity contribution is 6.30. The first kappa shape index (κ1) is 24.3. The average molecular weight is 491 g/mol. The summed E-state index contributed by atoms with van der Waals surface area (Å²) in [5, 5.41) is 8.76. The van der Waals surface area contributed by atoms with Crippen LogP contribution in [0.3, 0.4) is 0 Å². The minimum atomic E-state index is -0.607. The molecule has 3 N–H and O–H groups in total. The van der Waals surface area contributed by atoms with Crippen LogP contribution in [0, 0.1) is 0 Å². The van der Waals surface area contributed by atoms with Crippen molar-refractivity contribution in [3.05, 3.63) is 83.4 Å². The van der Waals surface area contributed by atoms with E-state index in [1.807, 2.05) is 48.5 Å². The zero-order chi connectivity index (χ0) is 24.8. The Morgan fingerprint density at radius 3 is 2.43 bits per heavy atom. The van der Waals surface area contributed by atoms with Crippen LogP contribution in [0.5, 0.6) is 0 Å². The van der Waals surface area contributed by atoms with E-state index < -0.39 is 12.1 Å². The van der Waals surface area contributed by atoms with Crippen LogP contribution in [0.1, 0.15) is 18.4 Å². The lowest BCUT2D eigenvalue weighted by atomic mass is 9.97. The maximum Gasteiger partial charge on any atom is 0.319 e. The maximum absolute atomic E-state index is 13.1. The Labute approximate surface area is 209 Å². The van der Waals surface area contributed by atoms with Crippen LogP contribution < -0.4 is 20.9 Å². The van der Waals surface area contributed by atoms with Gasteiger partial charge < -0.3 is 20.9 Å². The molecule has 1 aliphatic rings. The smallest absolute Gasteiger partial charge is 0.319 e. The third kappa shape index (κ3) is 6.00. The van der Waals surface area contributed by atoms with Crippen molar-refractivity contribution in [2.24, 2.45) is 0 Å². The second kappa shape index (κ2) is 11.1. The third-order valence-electron chi connectivity index (χ3n) is 5.98. The van der Waals surface area contributed by atoms with Gasteiger partial charge in [-0.1, -0.05) is 48.0 Å². The molecule has 4 rings (SSSR count). The van der Waals surface area contributed by atoms with Crippen LogP contribution in [0.2, 0.25) is 5.02 Å². The van der Waals surface area contributed by atoms with E-state index in [2.05, 4.69) is 16.0 Å². The number of halogens is 1. The Hall–Kier alpha value is -3.84. The van der Waals surface area contributed by atoms with Crippen molar-refractivity contribution in [2.45, 2.75) is 25.3 Å². The van der Waals surface area contributed by atoms with Gasteiger partial charge in [-0.05, 0) is 65.9 Å². The lowest BCUT2D eigenvalue weighted by Gasteiger charge is -2.32. The molecule has 180 valence electrons. The second-order valence-electron chi connectivity index (χ2n) is 8.34. The van der Waals surface area contributed by atoms with Crippen molar-refractivity contribution in [1.29, 1.82) is 0 Å². The SMILES string of the molecule is CNC(=O)Cc1ccccc1-c1ccc(N2CCCC(NC(=O)Nc3ccc(Cl)cc3)C2=O)cc1. The summed E-state index contributed by atoms with van der Waals surface area (Å²) in [5.74, 6) is -0.193. The number of likely N-dealkylation sites (N-methyl/N-ethyl adjacent to an activating group) is 1. The molecule has 1 saturated heterocycles. The summed E-state index contributed by atoms with van der Waals surface area (Å²) < 4.78 is 0. The molecule has 1 aliphatic heterocycles. The molecular formula is C27H27ClN4O3. The fourth-order valence-electron chi connectivity index (χ4n) is 4.16. The number of anilines is 2. The van der Waals surface area contributed by atoms with E-state index in [4.69, 9.17) is 11.6 Å². The topological polar surface area (TPSA) is 90.5 Å². The number of nitrogens with one attached hydrogen (secondary N) is 3. The van der Waals surface area contributed by atoms with E-state index >= 15 is 0 Å². The number of urea groups is 1. The van der Waals surface area contributed by atoms with Crippen LogP contribution in [-0.4, -0.2) is 37.5 Å². The summed E-state index contributed by atoms with van der Waals surface area (Å²) in [4.78, 5) is 39.2. The summed E-state index contributed by atoms with van der Waals surface area (Å²) in [5.41, 5.74) is 4.25. The molecule has 4 amide bonds. The first-order valence-corrected chi connectivity index (χ1v) is 11.9. The van der Waals surface area contributed by atoms with Crippen molar-refractivity contribution in [3.63, 3.8) is 0 Å². The van der Waals surface area contributed by atoms with Gasteiger partial charge in [0, 0.05) is 30.0 Å². The summed E-state index contributed by atoms with van der Waals surface area (Å²) in [6, 6.07) is 21.2. The minimum absolute atomic E-state index is 0.0494. The number of carbonyl (C=O) groups is 3. The van der Waals surface area contributed by atoms with Crippen LogP contribution in [0.15, 0.2) is 72.8 Å². The Kier molecular flexibility index (Phi) is 7.67. The number of amides is 4. The van der Waals surface area contributed by atoms with Crippen molar-refractivity contribution >= 4 is 40.8 Å². The molecule has 1 fully saturated rings. The second-order valence-corrected chi connectivity index (χ2v) is 8.78. The minimum Gasteiger partial charge on any atom is -0.359 e. The number of hydrogen-bond acceptors (Lipinski definition) is 3. The lowest BCUT2D eigenvalue weighted by Crippen LogP contribution is -2.53. The van der Waals surface area contributed by atoms with Gasteiger partial charge in [0.1, 0.15) is 6.04 Å². The number of rotatable bonds is 6. The van der Waals surface area contributed by atoms with Crippen molar-refractivity contribution in [2.75, 3.05) is 23.8 Å². The van der Waals surface area contributed by atoms with E-state index in [0.29, 0.717) is 30.1 Å². The zero-order valence-corrected chi connectivity index (χ0v) is 20.1. The van der Waals surface area contributed by atoms with Gasteiger partial charge in [-0.15, -0.1) is 0 Å². The fraction of sp³-hybridized carbons (Fsp3) is 0.222. The molecule has 7 nitrogen and oxygen atoms in total. The van der Waals surface area contributed by atoms with Gasteiger partial charge >= 0.3 is 6.03 Å². The van der Waals surface area contributed by atoms with E-state index in [1.54, 1.807) is 36.2 Å². The van der Waals surface area contributed by atoms with E-state index in [-0.39, 0.29) is 11.8 Å². The van der Waals surface area contributed by atoms with Crippen molar-refractivity contribution in [1.82, 2.24) is 10.6 Å². The van der Waals surface area contributed by atoms with Crippen LogP contribution >= 0.6 is 11.6 Å². The highest BCUT2D eigenvalue weighted by atomic mass is 35.5. The molecule has 1 unspecified atom stereocenters. The highest BCUT2D eigenvalue weighted by Crippen LogP contribution is 2.28. The average Bonchev–Trinajstić information content (AvgIpc) is 2.87. The molecule has 1 heterocycles. The molecule has 1 atom stereocenters. The standard InChI is InChI=1S/C27H27ClN4O3/c1-29-25(33)17-19-5-2-3-6-23(19)18-8-14-22(15-9-18)32-16-4-7-24(26(32)34)31-27(35)30-21-12-10-20(28)11-13-21/h2-3,5-6,8-15,24H,4,7,16-17H2,1H3,(H,29,33)(H2,30,31,35). The Morgan fingerprint density at radius 1 is 1.00 bits per heavy atom. The van der Waals surface area contributed by atoms with Gasteiger partial charge in [-0.3, -0.25) is 9.59 Å². The zero-order valence-electron chi connectivity index (χ0n) is 19.4. The van der Waals surface area contributed by atoms with E-state index in [1.165, 1.54) is 0 Å². The van der Waals surface area contributed by atoms with E-state index in [0.717, 1.165) is 28.8 Å². The summed E-state index contributed by atoms with van der Waals surface area (Å²) in [6.07, 6.45) is 1.65. The number of nitrogens with zero attached hydrogens (tertiary/aromatic N) is 1. The molecule has 3 aromatic carbocycles. The van der Waals surface area contributed by atoms with Gasteiger partial charge in [-0.2, -0.15) is 0 Å². The van der Waals surface area contributed by atoms with Crippen LogP contribution in [0.25, 0.3) is 11.1 Å². The van der Waals surface area contributed by atoms with E-state index in [9.17, 15) is 14.4 Å². The Bertz CT molecular complexity index is 1210. The van der Waals surface area contributed by atoms with Crippen molar-refractivity contribution in [3.8, 4) is 11.1 Å². The molecule has 0 aromatic heterocycles. The number of carbonyl (C=O) groups excluding carboxylic acids is 3. The number of hydrogen-bond donors (Lipinski definition) is 3. The molecule has 0 aliphatic carbocycles. The quantitative estimate of drug-likeness (QED) is 0.471. The summed E-state index contributed by atoms with van der Waals surface area (Å²) >= 11 is 5.88. The fourth-order valence-corrected chi connectivity index (χ4v) is 4.29. The number of piperidine rings is 1. The molecular weight excluding hydrogens is 464 g/mol. The predicted octanol–water partition coefficient (Wildman–Crippen LogP) is 4.61. The first-order valence-electron chi connectivity index (χ1n) is 11.5. The van der Waals surface area contributed by atoms with Crippen molar-refractivity contribution < 1.29 is 14.4 Å². The third-order valence-corrected chi connectivity index (χ3v) is 6.24. The normalized spacial score (nSPS) is 15.4. The molecule has 35 heavy (non-hydrogen) atoms. The molecule has 8 heteroatoms. The summed E-state index contributed by atoms with van der Waals surface area (Å²) in [6.45, 7) is 0.586. The van der Waals surface area contributed by atoms with Crippen LogP contribution in [0.4, 0.5) is 16.2 Å². The summed E-state index contributed by atoms with van der Waals surface area (Å²) in [7, 11) is 1.62. The lowest BCUT2D eigenvalue weighted by molar-refractivity contribution is -0.121. The van der Waals surface area contributed by atoms with Gasteiger partial charge in [0.15, 0.2) is 0 Å². The highest BCUT2D eigenvalue weighted by Gasteiger charge is 2.30. The number of benzene rings is 3. The monoisotopic (exact) mass is 490 g/mol. The molecule has 0 saturated carbocycles. The van der Waals surface area contributed by atoms with Gasteiger partial charge in [0.25, 0.3) is 0 Å². The molecule has 0 radical (unpaired) electrons. The predicted molar refractivity (Wildman–Crippen MR) is 139 cm³/mol. The van der Waals surface area contributed by atoms with Crippen LogP contribution in [-0.2, 0) is 16.0 Å².